The largest absolute Gasteiger partial charge is 0.325 e. The molecule has 2 aromatic heterocycles. The molecule has 0 bridgehead atoms. The van der Waals surface area contributed by atoms with Crippen molar-refractivity contribution in [3.05, 3.63) is 29.7 Å². The summed E-state index contributed by atoms with van der Waals surface area (Å²) in [6.07, 6.45) is 1.88. The van der Waals surface area contributed by atoms with Gasteiger partial charge in [-0.15, -0.1) is 0 Å². The fraction of sp³-hybridized carbons (Fsp3) is 0.400. The molecular weight excluding hydrogens is 176 g/mol. The number of hydrogen-bond acceptors (Lipinski definition) is 3. The molecule has 0 saturated heterocycles. The molecule has 74 valence electrons. The summed E-state index contributed by atoms with van der Waals surface area (Å²) in [4.78, 5) is 4.31. The van der Waals surface area contributed by atoms with Crippen molar-refractivity contribution >= 4 is 5.65 Å². The molecule has 0 saturated carbocycles. The maximum Gasteiger partial charge on any atom is 0.153 e. The summed E-state index contributed by atoms with van der Waals surface area (Å²) in [6, 6.07) is 3.98. The summed E-state index contributed by atoms with van der Waals surface area (Å²) in [5, 5.41) is 4.44. The highest BCUT2D eigenvalue weighted by atomic mass is 15.2. The van der Waals surface area contributed by atoms with E-state index in [1.807, 2.05) is 18.3 Å². The van der Waals surface area contributed by atoms with Crippen LogP contribution in [0.3, 0.4) is 0 Å². The Kier molecular flexibility index (Phi) is 2.21. The minimum Gasteiger partial charge on any atom is -0.325 e. The van der Waals surface area contributed by atoms with E-state index in [4.69, 9.17) is 5.73 Å². The van der Waals surface area contributed by atoms with Crippen molar-refractivity contribution in [3.8, 4) is 0 Å². The highest BCUT2D eigenvalue weighted by Crippen LogP contribution is 2.12. The lowest BCUT2D eigenvalue weighted by molar-refractivity contribution is 0.763. The number of fused-ring (bicyclic) bond motifs is 1. The summed E-state index contributed by atoms with van der Waals surface area (Å²) in [5.74, 6) is 0.433. The van der Waals surface area contributed by atoms with Gasteiger partial charge in [-0.3, -0.25) is 0 Å². The van der Waals surface area contributed by atoms with Gasteiger partial charge >= 0.3 is 0 Å². The van der Waals surface area contributed by atoms with E-state index in [1.165, 1.54) is 0 Å². The molecule has 14 heavy (non-hydrogen) atoms. The fourth-order valence-electron chi connectivity index (χ4n) is 1.35. The molecule has 0 aromatic carbocycles. The van der Waals surface area contributed by atoms with Crippen molar-refractivity contribution in [3.63, 3.8) is 0 Å². The topological polar surface area (TPSA) is 56.2 Å². The summed E-state index contributed by atoms with van der Waals surface area (Å²) < 4.78 is 1.79. The minimum atomic E-state index is 0.433. The van der Waals surface area contributed by atoms with Crippen molar-refractivity contribution in [2.24, 2.45) is 5.73 Å². The Morgan fingerprint density at radius 2 is 2.21 bits per heavy atom. The second-order valence-corrected chi connectivity index (χ2v) is 3.65. The zero-order valence-corrected chi connectivity index (χ0v) is 8.44. The van der Waals surface area contributed by atoms with Gasteiger partial charge in [0.25, 0.3) is 0 Å². The molecule has 2 N–H and O–H groups in total. The van der Waals surface area contributed by atoms with Crippen LogP contribution >= 0.6 is 0 Å². The lowest BCUT2D eigenvalue weighted by Gasteiger charge is -2.02. The molecule has 0 radical (unpaired) electrons. The zero-order chi connectivity index (χ0) is 10.1. The maximum absolute atomic E-state index is 5.51. The highest BCUT2D eigenvalue weighted by molar-refractivity contribution is 5.38. The molecule has 0 spiro atoms. The van der Waals surface area contributed by atoms with E-state index in [1.54, 1.807) is 4.52 Å². The van der Waals surface area contributed by atoms with Gasteiger partial charge < -0.3 is 5.73 Å². The zero-order valence-electron chi connectivity index (χ0n) is 8.44. The van der Waals surface area contributed by atoms with Gasteiger partial charge in [0, 0.05) is 6.54 Å². The molecule has 0 aliphatic carbocycles. The molecule has 0 amide bonds. The van der Waals surface area contributed by atoms with Crippen LogP contribution in [0, 0.1) is 0 Å². The average molecular weight is 190 g/mol. The Morgan fingerprint density at radius 3 is 2.86 bits per heavy atom. The molecule has 0 aliphatic heterocycles. The van der Waals surface area contributed by atoms with Crippen LogP contribution < -0.4 is 5.73 Å². The molecule has 4 nitrogen and oxygen atoms in total. The quantitative estimate of drug-likeness (QED) is 0.776. The van der Waals surface area contributed by atoms with Gasteiger partial charge in [-0.25, -0.2) is 9.50 Å². The van der Waals surface area contributed by atoms with E-state index in [0.717, 1.165) is 17.0 Å². The molecular formula is C10H14N4. The molecule has 2 heterocycles. The monoisotopic (exact) mass is 190 g/mol. The number of nitrogens with two attached hydrogens (primary N) is 1. The number of nitrogens with zero attached hydrogens (tertiary/aromatic N) is 3. The van der Waals surface area contributed by atoms with Gasteiger partial charge in [0.2, 0.25) is 0 Å². The summed E-state index contributed by atoms with van der Waals surface area (Å²) in [6.45, 7) is 4.70. The first-order chi connectivity index (χ1) is 6.70. The van der Waals surface area contributed by atoms with E-state index >= 15 is 0 Å². The molecule has 0 aliphatic rings. The van der Waals surface area contributed by atoms with Crippen LogP contribution in [0.5, 0.6) is 0 Å². The van der Waals surface area contributed by atoms with Crippen molar-refractivity contribution in [1.29, 1.82) is 0 Å². The Bertz CT molecular complexity index is 444. The molecule has 4 heteroatoms. The lowest BCUT2D eigenvalue weighted by atomic mass is 10.1. The van der Waals surface area contributed by atoms with Crippen LogP contribution in [-0.4, -0.2) is 14.6 Å². The van der Waals surface area contributed by atoms with Crippen molar-refractivity contribution in [2.75, 3.05) is 0 Å². The first-order valence-electron chi connectivity index (χ1n) is 4.76. The summed E-state index contributed by atoms with van der Waals surface area (Å²) in [5.41, 5.74) is 8.31. The van der Waals surface area contributed by atoms with E-state index in [2.05, 4.69) is 23.9 Å². The smallest absolute Gasteiger partial charge is 0.153 e. The van der Waals surface area contributed by atoms with E-state index < -0.39 is 0 Å². The van der Waals surface area contributed by atoms with Crippen LogP contribution in [0.1, 0.15) is 31.2 Å². The number of rotatable bonds is 2. The van der Waals surface area contributed by atoms with Crippen molar-refractivity contribution in [1.82, 2.24) is 14.6 Å². The highest BCUT2D eigenvalue weighted by Gasteiger charge is 2.04. The van der Waals surface area contributed by atoms with Crippen LogP contribution in [0.25, 0.3) is 5.65 Å². The van der Waals surface area contributed by atoms with E-state index in [9.17, 15) is 0 Å². The SMILES string of the molecule is CC(C)c1ccc2nc(CN)cn2n1. The van der Waals surface area contributed by atoms with Crippen LogP contribution in [0.2, 0.25) is 0 Å². The molecule has 2 aromatic rings. The third kappa shape index (κ3) is 1.48. The average Bonchev–Trinajstić information content (AvgIpc) is 2.58. The van der Waals surface area contributed by atoms with Gasteiger partial charge in [0.15, 0.2) is 5.65 Å². The predicted octanol–water partition coefficient (Wildman–Crippen LogP) is 1.31. The fourth-order valence-corrected chi connectivity index (χ4v) is 1.35. The van der Waals surface area contributed by atoms with Gasteiger partial charge in [0.05, 0.1) is 17.6 Å². The summed E-state index contributed by atoms with van der Waals surface area (Å²) >= 11 is 0. The normalized spacial score (nSPS) is 11.4. The Morgan fingerprint density at radius 1 is 1.43 bits per heavy atom. The molecule has 0 unspecified atom stereocenters. The van der Waals surface area contributed by atoms with Crippen LogP contribution in [0.15, 0.2) is 18.3 Å². The standard InChI is InChI=1S/C10H14N4/c1-7(2)9-3-4-10-12-8(5-11)6-14(10)13-9/h3-4,6-7H,5,11H2,1-2H3. The number of hydrogen-bond donors (Lipinski definition) is 1. The summed E-state index contributed by atoms with van der Waals surface area (Å²) in [7, 11) is 0. The number of aromatic nitrogens is 3. The van der Waals surface area contributed by atoms with E-state index in [-0.39, 0.29) is 0 Å². The maximum atomic E-state index is 5.51. The van der Waals surface area contributed by atoms with Gasteiger partial charge in [-0.05, 0) is 18.1 Å². The second kappa shape index (κ2) is 3.38. The first-order valence-corrected chi connectivity index (χ1v) is 4.76. The Balaban J connectivity index is 2.54. The molecule has 0 atom stereocenters. The third-order valence-electron chi connectivity index (χ3n) is 2.19. The number of imidazole rings is 1. The Labute approximate surface area is 82.8 Å². The van der Waals surface area contributed by atoms with Gasteiger partial charge in [0.1, 0.15) is 0 Å². The first kappa shape index (κ1) is 9.15. The van der Waals surface area contributed by atoms with Crippen LogP contribution in [0.4, 0.5) is 0 Å². The third-order valence-corrected chi connectivity index (χ3v) is 2.19. The lowest BCUT2D eigenvalue weighted by Crippen LogP contribution is -1.98. The van der Waals surface area contributed by atoms with Crippen LogP contribution in [-0.2, 0) is 6.54 Å². The van der Waals surface area contributed by atoms with E-state index in [0.29, 0.717) is 12.5 Å². The van der Waals surface area contributed by atoms with Crippen molar-refractivity contribution < 1.29 is 0 Å². The predicted molar refractivity (Wildman–Crippen MR) is 55.0 cm³/mol. The second-order valence-electron chi connectivity index (χ2n) is 3.65. The van der Waals surface area contributed by atoms with Gasteiger partial charge in [-0.1, -0.05) is 13.8 Å². The molecule has 0 fully saturated rings. The minimum absolute atomic E-state index is 0.433. The van der Waals surface area contributed by atoms with Gasteiger partial charge in [-0.2, -0.15) is 5.10 Å². The Hall–Kier alpha value is -1.42. The van der Waals surface area contributed by atoms with Crippen molar-refractivity contribution in [2.45, 2.75) is 26.3 Å². The molecule has 2 rings (SSSR count).